The number of imide groups is 1. The Hall–Kier alpha value is -2.42. The highest BCUT2D eigenvalue weighted by atomic mass is 16.2. The molecule has 0 saturated heterocycles. The summed E-state index contributed by atoms with van der Waals surface area (Å²) in [6, 6.07) is 14.7. The first-order valence-corrected chi connectivity index (χ1v) is 8.18. The van der Waals surface area contributed by atoms with Crippen molar-refractivity contribution in [3.8, 4) is 0 Å². The minimum atomic E-state index is -0.205. The van der Waals surface area contributed by atoms with Crippen molar-refractivity contribution in [1.82, 2.24) is 4.90 Å². The molecule has 0 bridgehead atoms. The number of aryl methyl sites for hydroxylation is 1. The van der Waals surface area contributed by atoms with Crippen molar-refractivity contribution in [3.63, 3.8) is 0 Å². The summed E-state index contributed by atoms with van der Waals surface area (Å²) in [5.41, 5.74) is 3.08. The number of benzene rings is 2. The Balaban J connectivity index is 0.000000615. The highest BCUT2D eigenvalue weighted by Crippen LogP contribution is 2.24. The van der Waals surface area contributed by atoms with E-state index in [9.17, 15) is 9.59 Å². The number of carbonyl (C=O) groups excluding carboxylic acids is 2. The largest absolute Gasteiger partial charge is 0.270 e. The van der Waals surface area contributed by atoms with Crippen LogP contribution in [0.4, 0.5) is 0 Å². The molecule has 0 aromatic heterocycles. The van der Waals surface area contributed by atoms with Crippen molar-refractivity contribution in [2.24, 2.45) is 0 Å². The fraction of sp³-hybridized carbons (Fsp3) is 0.300. The minimum Gasteiger partial charge on any atom is -0.270 e. The van der Waals surface area contributed by atoms with Gasteiger partial charge < -0.3 is 0 Å². The fourth-order valence-electron chi connectivity index (χ4n) is 2.34. The summed E-state index contributed by atoms with van der Waals surface area (Å²) in [4.78, 5) is 25.8. The molecule has 0 unspecified atom stereocenters. The molecule has 3 rings (SSSR count). The first-order chi connectivity index (χ1) is 11.2. The summed E-state index contributed by atoms with van der Waals surface area (Å²) in [6.07, 6.45) is 0. The number of amides is 2. The zero-order chi connectivity index (χ0) is 17.4. The second kappa shape index (κ2) is 8.89. The predicted octanol–water partition coefficient (Wildman–Crippen LogP) is 4.84. The number of hydrogen-bond acceptors (Lipinski definition) is 2. The van der Waals surface area contributed by atoms with E-state index in [1.807, 2.05) is 58.9 Å². The van der Waals surface area contributed by atoms with Crippen LogP contribution in [0.1, 0.15) is 59.5 Å². The van der Waals surface area contributed by atoms with E-state index in [1.54, 1.807) is 24.3 Å². The molecule has 1 heterocycles. The molecule has 122 valence electrons. The molecule has 0 fully saturated rings. The van der Waals surface area contributed by atoms with Gasteiger partial charge in [0.15, 0.2) is 0 Å². The lowest BCUT2D eigenvalue weighted by Crippen LogP contribution is -2.29. The second-order valence-electron chi connectivity index (χ2n) is 4.67. The van der Waals surface area contributed by atoms with E-state index in [0.29, 0.717) is 17.7 Å². The SMILES string of the molecule is CC.CC.Cc1ccccc1CN1C(=O)c2ccccc2C1=O. The summed E-state index contributed by atoms with van der Waals surface area (Å²) >= 11 is 0. The quantitative estimate of drug-likeness (QED) is 0.744. The third-order valence-electron chi connectivity index (χ3n) is 3.47. The van der Waals surface area contributed by atoms with Crippen LogP contribution in [0.25, 0.3) is 0 Å². The molecule has 2 aromatic rings. The third kappa shape index (κ3) is 3.86. The molecular formula is C20H25NO2. The van der Waals surface area contributed by atoms with Crippen LogP contribution in [0.3, 0.4) is 0 Å². The Bertz CT molecular complexity index is 642. The van der Waals surface area contributed by atoms with Crippen LogP contribution < -0.4 is 0 Å². The van der Waals surface area contributed by atoms with Gasteiger partial charge in [-0.1, -0.05) is 64.1 Å². The van der Waals surface area contributed by atoms with Gasteiger partial charge in [-0.25, -0.2) is 0 Å². The van der Waals surface area contributed by atoms with Crippen LogP contribution in [0.2, 0.25) is 0 Å². The molecule has 2 aromatic carbocycles. The molecule has 0 atom stereocenters. The molecule has 1 aliphatic rings. The van der Waals surface area contributed by atoms with Crippen LogP contribution in [-0.2, 0) is 6.54 Å². The molecule has 3 nitrogen and oxygen atoms in total. The number of hydrogen-bond donors (Lipinski definition) is 0. The second-order valence-corrected chi connectivity index (χ2v) is 4.67. The highest BCUT2D eigenvalue weighted by molar-refractivity contribution is 6.21. The van der Waals surface area contributed by atoms with Gasteiger partial charge in [0.25, 0.3) is 11.8 Å². The number of carbonyl (C=O) groups is 2. The molecule has 0 saturated carbocycles. The molecule has 1 aliphatic heterocycles. The average molecular weight is 311 g/mol. The Labute approximate surface area is 138 Å². The van der Waals surface area contributed by atoms with Crippen LogP contribution in [0, 0.1) is 6.92 Å². The van der Waals surface area contributed by atoms with Crippen molar-refractivity contribution in [2.45, 2.75) is 41.2 Å². The third-order valence-corrected chi connectivity index (χ3v) is 3.47. The van der Waals surface area contributed by atoms with Gasteiger partial charge in [0.1, 0.15) is 0 Å². The molecular weight excluding hydrogens is 286 g/mol. The lowest BCUT2D eigenvalue weighted by atomic mass is 10.1. The topological polar surface area (TPSA) is 37.4 Å². The maximum Gasteiger partial charge on any atom is 0.261 e. The van der Waals surface area contributed by atoms with Gasteiger partial charge >= 0.3 is 0 Å². The fourth-order valence-corrected chi connectivity index (χ4v) is 2.34. The molecule has 0 radical (unpaired) electrons. The van der Waals surface area contributed by atoms with E-state index in [0.717, 1.165) is 11.1 Å². The van der Waals surface area contributed by atoms with Gasteiger partial charge in [-0.3, -0.25) is 14.5 Å². The maximum atomic E-state index is 12.2. The molecule has 23 heavy (non-hydrogen) atoms. The van der Waals surface area contributed by atoms with Gasteiger partial charge in [-0.2, -0.15) is 0 Å². The lowest BCUT2D eigenvalue weighted by molar-refractivity contribution is 0.0642. The number of fused-ring (bicyclic) bond motifs is 1. The van der Waals surface area contributed by atoms with Crippen LogP contribution in [-0.4, -0.2) is 16.7 Å². The molecule has 0 spiro atoms. The van der Waals surface area contributed by atoms with Crippen molar-refractivity contribution in [3.05, 3.63) is 70.8 Å². The lowest BCUT2D eigenvalue weighted by Gasteiger charge is -2.15. The summed E-state index contributed by atoms with van der Waals surface area (Å²) < 4.78 is 0. The first-order valence-electron chi connectivity index (χ1n) is 8.18. The normalized spacial score (nSPS) is 12.0. The molecule has 0 N–H and O–H groups in total. The maximum absolute atomic E-state index is 12.2. The minimum absolute atomic E-state index is 0.205. The van der Waals surface area contributed by atoms with E-state index >= 15 is 0 Å². The summed E-state index contributed by atoms with van der Waals surface area (Å²) in [6.45, 7) is 10.3. The van der Waals surface area contributed by atoms with E-state index in [-0.39, 0.29) is 11.8 Å². The standard InChI is InChI=1S/C16H13NO2.2C2H6/c1-11-6-2-3-7-12(11)10-17-15(18)13-8-4-5-9-14(13)16(17)19;2*1-2/h2-9H,10H2,1H3;2*1-2H3. The zero-order valence-corrected chi connectivity index (χ0v) is 14.6. The van der Waals surface area contributed by atoms with Gasteiger partial charge in [0, 0.05) is 0 Å². The van der Waals surface area contributed by atoms with Gasteiger partial charge in [0.2, 0.25) is 0 Å². The Morgan fingerprint density at radius 1 is 0.739 bits per heavy atom. The Morgan fingerprint density at radius 3 is 1.65 bits per heavy atom. The van der Waals surface area contributed by atoms with Crippen LogP contribution >= 0.6 is 0 Å². The van der Waals surface area contributed by atoms with Crippen molar-refractivity contribution in [1.29, 1.82) is 0 Å². The molecule has 0 aliphatic carbocycles. The van der Waals surface area contributed by atoms with Gasteiger partial charge in [-0.05, 0) is 30.2 Å². The molecule has 2 amide bonds. The van der Waals surface area contributed by atoms with Crippen LogP contribution in [0.5, 0.6) is 0 Å². The summed E-state index contributed by atoms with van der Waals surface area (Å²) in [5, 5.41) is 0. The first kappa shape index (κ1) is 18.6. The monoisotopic (exact) mass is 311 g/mol. The van der Waals surface area contributed by atoms with Crippen molar-refractivity contribution in [2.75, 3.05) is 0 Å². The van der Waals surface area contributed by atoms with Crippen LogP contribution in [0.15, 0.2) is 48.5 Å². The van der Waals surface area contributed by atoms with Crippen molar-refractivity contribution >= 4 is 11.8 Å². The summed E-state index contributed by atoms with van der Waals surface area (Å²) in [5.74, 6) is -0.410. The average Bonchev–Trinajstić information content (AvgIpc) is 2.86. The summed E-state index contributed by atoms with van der Waals surface area (Å²) in [7, 11) is 0. The molecule has 3 heteroatoms. The van der Waals surface area contributed by atoms with Crippen molar-refractivity contribution < 1.29 is 9.59 Å². The number of rotatable bonds is 2. The smallest absolute Gasteiger partial charge is 0.261 e. The van der Waals surface area contributed by atoms with E-state index in [4.69, 9.17) is 0 Å². The van der Waals surface area contributed by atoms with Gasteiger partial charge in [-0.15, -0.1) is 0 Å². The Morgan fingerprint density at radius 2 is 1.17 bits per heavy atom. The predicted molar refractivity (Wildman–Crippen MR) is 94.5 cm³/mol. The van der Waals surface area contributed by atoms with E-state index in [2.05, 4.69) is 0 Å². The van der Waals surface area contributed by atoms with Gasteiger partial charge in [0.05, 0.1) is 17.7 Å². The Kier molecular flexibility index (Phi) is 7.20. The van der Waals surface area contributed by atoms with E-state index in [1.165, 1.54) is 4.90 Å². The highest BCUT2D eigenvalue weighted by Gasteiger charge is 2.34. The van der Waals surface area contributed by atoms with E-state index < -0.39 is 0 Å². The number of nitrogens with zero attached hydrogens (tertiary/aromatic N) is 1. The zero-order valence-electron chi connectivity index (χ0n) is 14.6.